The highest BCUT2D eigenvalue weighted by Gasteiger charge is 2.17. The summed E-state index contributed by atoms with van der Waals surface area (Å²) in [6.45, 7) is 1.97. The lowest BCUT2D eigenvalue weighted by atomic mass is 10.1. The van der Waals surface area contributed by atoms with Crippen molar-refractivity contribution < 1.29 is 8.63 Å². The third-order valence-electron chi connectivity index (χ3n) is 3.33. The third-order valence-corrected chi connectivity index (χ3v) is 4.52. The van der Waals surface area contributed by atoms with Gasteiger partial charge in [-0.2, -0.15) is 4.98 Å². The lowest BCUT2D eigenvalue weighted by Gasteiger charge is -2.22. The normalized spacial score (nSPS) is 18.3. The molecule has 1 fully saturated rings. The fourth-order valence-corrected chi connectivity index (χ4v) is 3.15. The fraction of sp³-hybridized carbons (Fsp3) is 0.417. The van der Waals surface area contributed by atoms with Crippen molar-refractivity contribution in [3.63, 3.8) is 0 Å². The molecule has 0 aliphatic carbocycles. The monoisotopic (exact) mass is 314 g/mol. The molecule has 8 heteroatoms. The first-order valence-corrected chi connectivity index (χ1v) is 7.96. The Morgan fingerprint density at radius 1 is 1.45 bits per heavy atom. The number of anilines is 1. The zero-order valence-corrected chi connectivity index (χ0v) is 12.3. The molecular weight excluding hydrogens is 300 g/mol. The van der Waals surface area contributed by atoms with E-state index >= 15 is 0 Å². The van der Waals surface area contributed by atoms with E-state index in [-0.39, 0.29) is 0 Å². The molecule has 1 aliphatic rings. The highest BCUT2D eigenvalue weighted by molar-refractivity contribution is 7.82. The molecular formula is C12H15ClN4O2S. The van der Waals surface area contributed by atoms with Gasteiger partial charge in [0, 0.05) is 12.1 Å². The Bertz CT molecular complexity index is 654. The van der Waals surface area contributed by atoms with Crippen molar-refractivity contribution in [3.8, 4) is 0 Å². The highest BCUT2D eigenvalue weighted by atomic mass is 35.5. The molecule has 0 saturated carbocycles. The van der Waals surface area contributed by atoms with Crippen LogP contribution in [0.1, 0.15) is 12.8 Å². The van der Waals surface area contributed by atoms with Gasteiger partial charge in [-0.1, -0.05) is 11.6 Å². The molecule has 0 amide bonds. The van der Waals surface area contributed by atoms with Gasteiger partial charge in [0.15, 0.2) is 5.58 Å². The maximum atomic E-state index is 11.4. The van der Waals surface area contributed by atoms with Crippen LogP contribution >= 0.6 is 11.6 Å². The van der Waals surface area contributed by atoms with E-state index in [1.807, 2.05) is 0 Å². The van der Waals surface area contributed by atoms with E-state index in [0.717, 1.165) is 25.9 Å². The average molecular weight is 315 g/mol. The minimum Gasteiger partial charge on any atom is -0.424 e. The number of aromatic nitrogens is 1. The summed E-state index contributed by atoms with van der Waals surface area (Å²) >= 11 is 6.02. The van der Waals surface area contributed by atoms with E-state index < -0.39 is 11.0 Å². The number of piperidine rings is 1. The van der Waals surface area contributed by atoms with Gasteiger partial charge in [0.25, 0.3) is 6.01 Å². The molecule has 1 saturated heterocycles. The Labute approximate surface area is 123 Å². The highest BCUT2D eigenvalue weighted by Crippen LogP contribution is 2.28. The first kappa shape index (κ1) is 13.8. The van der Waals surface area contributed by atoms with E-state index in [4.69, 9.17) is 21.2 Å². The number of benzene rings is 1. The van der Waals surface area contributed by atoms with Gasteiger partial charge >= 0.3 is 0 Å². The Balaban J connectivity index is 1.88. The molecule has 1 aliphatic heterocycles. The third kappa shape index (κ3) is 2.80. The van der Waals surface area contributed by atoms with Crippen LogP contribution in [0.15, 0.2) is 21.4 Å². The largest absolute Gasteiger partial charge is 0.424 e. The number of fused-ring (bicyclic) bond motifs is 1. The first-order chi connectivity index (χ1) is 9.63. The zero-order valence-electron chi connectivity index (χ0n) is 10.7. The number of nitrogens with zero attached hydrogens (tertiary/aromatic N) is 1. The molecule has 1 atom stereocenters. The summed E-state index contributed by atoms with van der Waals surface area (Å²) in [4.78, 5) is 4.70. The van der Waals surface area contributed by atoms with Gasteiger partial charge in [0.1, 0.15) is 16.5 Å². The number of nitrogens with one attached hydrogen (secondary N) is 2. The van der Waals surface area contributed by atoms with Crippen LogP contribution in [0.3, 0.4) is 0 Å². The van der Waals surface area contributed by atoms with Crippen molar-refractivity contribution in [2.45, 2.75) is 23.8 Å². The Hall–Kier alpha value is -1.15. The number of nitrogens with two attached hydrogens (primary N) is 1. The Morgan fingerprint density at radius 3 is 2.90 bits per heavy atom. The predicted octanol–water partition coefficient (Wildman–Crippen LogP) is 1.63. The first-order valence-electron chi connectivity index (χ1n) is 6.37. The number of hydrogen-bond donors (Lipinski definition) is 3. The van der Waals surface area contributed by atoms with E-state index in [1.165, 1.54) is 0 Å². The van der Waals surface area contributed by atoms with Crippen LogP contribution in [-0.4, -0.2) is 28.3 Å². The Kier molecular flexibility index (Phi) is 3.93. The van der Waals surface area contributed by atoms with Gasteiger partial charge < -0.3 is 15.1 Å². The van der Waals surface area contributed by atoms with Gasteiger partial charge in [-0.05, 0) is 32.0 Å². The summed E-state index contributed by atoms with van der Waals surface area (Å²) < 4.78 is 17.0. The molecule has 4 N–H and O–H groups in total. The summed E-state index contributed by atoms with van der Waals surface area (Å²) in [5.41, 5.74) is 1.15. The van der Waals surface area contributed by atoms with Crippen molar-refractivity contribution in [1.82, 2.24) is 10.3 Å². The predicted molar refractivity (Wildman–Crippen MR) is 79.1 cm³/mol. The standard InChI is InChI=1S/C12H15ClN4O2S/c13-8-5-9-10(6-11(8)20(14)18)19-12(17-9)16-7-1-3-15-4-2-7/h5-7,15H,1-4,14H2,(H,16,17). The van der Waals surface area contributed by atoms with Gasteiger partial charge in [-0.15, -0.1) is 0 Å². The minimum absolute atomic E-state index is 0.333. The summed E-state index contributed by atoms with van der Waals surface area (Å²) in [5, 5.41) is 12.3. The van der Waals surface area contributed by atoms with Crippen LogP contribution in [0.4, 0.5) is 6.01 Å². The van der Waals surface area contributed by atoms with Gasteiger partial charge in [0.2, 0.25) is 0 Å². The number of oxazole rings is 1. The van der Waals surface area contributed by atoms with Crippen LogP contribution in [0, 0.1) is 0 Å². The number of hydrogen-bond acceptors (Lipinski definition) is 5. The lowest BCUT2D eigenvalue weighted by molar-refractivity contribution is 0.466. The molecule has 2 aromatic rings. The number of rotatable bonds is 3. The van der Waals surface area contributed by atoms with Crippen molar-refractivity contribution in [2.75, 3.05) is 18.4 Å². The molecule has 0 radical (unpaired) electrons. The van der Waals surface area contributed by atoms with Crippen LogP contribution in [0.25, 0.3) is 11.1 Å². The summed E-state index contributed by atoms with van der Waals surface area (Å²) in [6, 6.07) is 4.01. The summed E-state index contributed by atoms with van der Waals surface area (Å²) in [6.07, 6.45) is 2.05. The van der Waals surface area contributed by atoms with E-state index in [2.05, 4.69) is 15.6 Å². The molecule has 1 aromatic carbocycles. The van der Waals surface area contributed by atoms with Gasteiger partial charge in [0.05, 0.1) is 9.92 Å². The average Bonchev–Trinajstić information content (AvgIpc) is 2.79. The topological polar surface area (TPSA) is 93.2 Å². The van der Waals surface area contributed by atoms with Crippen LogP contribution in [-0.2, 0) is 11.0 Å². The van der Waals surface area contributed by atoms with Crippen LogP contribution in [0.5, 0.6) is 0 Å². The zero-order chi connectivity index (χ0) is 14.1. The van der Waals surface area contributed by atoms with Crippen molar-refractivity contribution >= 4 is 39.7 Å². The molecule has 3 rings (SSSR count). The molecule has 108 valence electrons. The molecule has 0 bridgehead atoms. The van der Waals surface area contributed by atoms with E-state index in [0.29, 0.717) is 33.1 Å². The van der Waals surface area contributed by atoms with Gasteiger partial charge in [-0.3, -0.25) is 0 Å². The summed E-state index contributed by atoms with van der Waals surface area (Å²) in [7, 11) is -1.64. The SMILES string of the molecule is NS(=O)c1cc2oc(NC3CCNCC3)nc2cc1Cl. The maximum absolute atomic E-state index is 11.4. The van der Waals surface area contributed by atoms with Crippen LogP contribution < -0.4 is 15.8 Å². The lowest BCUT2D eigenvalue weighted by Crippen LogP contribution is -2.35. The summed E-state index contributed by atoms with van der Waals surface area (Å²) in [5.74, 6) is 0. The molecule has 1 aromatic heterocycles. The molecule has 20 heavy (non-hydrogen) atoms. The Morgan fingerprint density at radius 2 is 2.20 bits per heavy atom. The van der Waals surface area contributed by atoms with Crippen molar-refractivity contribution in [2.24, 2.45) is 5.14 Å². The molecule has 2 heterocycles. The van der Waals surface area contributed by atoms with E-state index in [1.54, 1.807) is 12.1 Å². The van der Waals surface area contributed by atoms with Crippen molar-refractivity contribution in [3.05, 3.63) is 17.2 Å². The second-order valence-electron chi connectivity index (χ2n) is 4.74. The quantitative estimate of drug-likeness (QED) is 0.800. The second-order valence-corrected chi connectivity index (χ2v) is 6.18. The molecule has 0 spiro atoms. The fourth-order valence-electron chi connectivity index (χ4n) is 2.29. The number of halogens is 1. The second kappa shape index (κ2) is 5.69. The maximum Gasteiger partial charge on any atom is 0.295 e. The molecule has 6 nitrogen and oxygen atoms in total. The minimum atomic E-state index is -1.64. The van der Waals surface area contributed by atoms with Crippen molar-refractivity contribution in [1.29, 1.82) is 0 Å². The molecule has 1 unspecified atom stereocenters. The van der Waals surface area contributed by atoms with Gasteiger partial charge in [-0.25, -0.2) is 9.35 Å². The van der Waals surface area contributed by atoms with Crippen LogP contribution in [0.2, 0.25) is 5.02 Å². The van der Waals surface area contributed by atoms with E-state index in [9.17, 15) is 4.21 Å². The smallest absolute Gasteiger partial charge is 0.295 e.